The second kappa shape index (κ2) is 15.4. The third kappa shape index (κ3) is 10.2. The van der Waals surface area contributed by atoms with Crippen molar-refractivity contribution in [3.63, 3.8) is 0 Å². The van der Waals surface area contributed by atoms with Crippen molar-refractivity contribution < 1.29 is 19.0 Å². The summed E-state index contributed by atoms with van der Waals surface area (Å²) < 4.78 is 17.7. The van der Waals surface area contributed by atoms with E-state index < -0.39 is 0 Å². The highest BCUT2D eigenvalue weighted by Gasteiger charge is 2.10. The van der Waals surface area contributed by atoms with Crippen LogP contribution in [0, 0.1) is 25.7 Å². The van der Waals surface area contributed by atoms with Crippen LogP contribution in [0.2, 0.25) is 0 Å². The van der Waals surface area contributed by atoms with Crippen molar-refractivity contribution in [3.05, 3.63) is 65.2 Å². The van der Waals surface area contributed by atoms with Gasteiger partial charge in [-0.2, -0.15) is 0 Å². The second-order valence-corrected chi connectivity index (χ2v) is 7.06. The molecular formula is C28H37NO4. The number of benzene rings is 2. The van der Waals surface area contributed by atoms with Crippen LogP contribution in [0.25, 0.3) is 0 Å². The maximum Gasteiger partial charge on any atom is 0.156 e. The van der Waals surface area contributed by atoms with Gasteiger partial charge in [-0.25, -0.2) is 0 Å². The first-order valence-electron chi connectivity index (χ1n) is 11.3. The molecule has 2 aromatic carbocycles. The van der Waals surface area contributed by atoms with Crippen molar-refractivity contribution in [2.24, 2.45) is 5.16 Å². The molecule has 0 aliphatic carbocycles. The summed E-state index contributed by atoms with van der Waals surface area (Å²) in [5, 5.41) is 3.76. The normalized spacial score (nSPS) is 12.2. The molecule has 0 aliphatic rings. The van der Waals surface area contributed by atoms with E-state index in [0.717, 1.165) is 33.9 Å². The van der Waals surface area contributed by atoms with Gasteiger partial charge in [0, 0.05) is 0 Å². The van der Waals surface area contributed by atoms with E-state index in [9.17, 15) is 0 Å². The van der Waals surface area contributed by atoms with Crippen molar-refractivity contribution in [3.8, 4) is 29.1 Å². The molecule has 0 aromatic heterocycles. The number of hydrogen-bond donors (Lipinski definition) is 0. The lowest BCUT2D eigenvalue weighted by Crippen LogP contribution is -2.14. The number of hydrogen-bond acceptors (Lipinski definition) is 5. The SMILES string of the molecule is C/C=C/COc1cc(C)c(OC(C)C#CC(C)Oc2cccc(/C=N\OC)c2)c(C)c1.CC. The van der Waals surface area contributed by atoms with Crippen LogP contribution in [-0.4, -0.2) is 32.1 Å². The number of nitrogens with zero attached hydrogens (tertiary/aromatic N) is 1. The van der Waals surface area contributed by atoms with Gasteiger partial charge in [0.1, 0.15) is 31.0 Å². The van der Waals surface area contributed by atoms with Crippen LogP contribution in [-0.2, 0) is 4.84 Å². The molecule has 0 amide bonds. The first kappa shape index (κ1) is 27.6. The molecule has 5 heteroatoms. The van der Waals surface area contributed by atoms with Gasteiger partial charge in [0.2, 0.25) is 0 Å². The van der Waals surface area contributed by atoms with Crippen LogP contribution < -0.4 is 14.2 Å². The third-order valence-electron chi connectivity index (χ3n) is 4.28. The maximum absolute atomic E-state index is 6.09. The summed E-state index contributed by atoms with van der Waals surface area (Å²) >= 11 is 0. The van der Waals surface area contributed by atoms with Gasteiger partial charge in [-0.3, -0.25) is 0 Å². The zero-order chi connectivity index (χ0) is 24.6. The minimum absolute atomic E-state index is 0.279. The number of aryl methyl sites for hydroxylation is 2. The van der Waals surface area contributed by atoms with Crippen LogP contribution in [0.5, 0.6) is 17.2 Å². The molecule has 0 aliphatic heterocycles. The highest BCUT2D eigenvalue weighted by atomic mass is 16.6. The zero-order valence-electron chi connectivity index (χ0n) is 21.1. The molecule has 0 bridgehead atoms. The zero-order valence-corrected chi connectivity index (χ0v) is 21.1. The van der Waals surface area contributed by atoms with Crippen LogP contribution in [0.3, 0.4) is 0 Å². The molecule has 2 atom stereocenters. The van der Waals surface area contributed by atoms with Crippen molar-refractivity contribution in [2.45, 2.75) is 60.7 Å². The van der Waals surface area contributed by atoms with Crippen molar-refractivity contribution >= 4 is 6.21 Å². The van der Waals surface area contributed by atoms with E-state index in [4.69, 9.17) is 19.0 Å². The monoisotopic (exact) mass is 451 g/mol. The van der Waals surface area contributed by atoms with E-state index in [0.29, 0.717) is 6.61 Å². The Morgan fingerprint density at radius 2 is 1.58 bits per heavy atom. The topological polar surface area (TPSA) is 49.3 Å². The highest BCUT2D eigenvalue weighted by Crippen LogP contribution is 2.29. The summed E-state index contributed by atoms with van der Waals surface area (Å²) in [6.07, 6.45) is 5.00. The Bertz CT molecular complexity index is 946. The van der Waals surface area contributed by atoms with Crippen molar-refractivity contribution in [1.82, 2.24) is 0 Å². The first-order chi connectivity index (χ1) is 15.9. The number of ether oxygens (including phenoxy) is 3. The van der Waals surface area contributed by atoms with Crippen LogP contribution in [0.4, 0.5) is 0 Å². The molecule has 0 saturated carbocycles. The highest BCUT2D eigenvalue weighted by molar-refractivity contribution is 5.79. The average molecular weight is 452 g/mol. The molecule has 0 radical (unpaired) electrons. The fourth-order valence-corrected chi connectivity index (χ4v) is 2.88. The van der Waals surface area contributed by atoms with E-state index in [1.807, 2.05) is 97.0 Å². The summed E-state index contributed by atoms with van der Waals surface area (Å²) in [6.45, 7) is 14.4. The lowest BCUT2D eigenvalue weighted by molar-refractivity contribution is 0.215. The smallest absolute Gasteiger partial charge is 0.156 e. The molecule has 33 heavy (non-hydrogen) atoms. The van der Waals surface area contributed by atoms with E-state index >= 15 is 0 Å². The Morgan fingerprint density at radius 3 is 2.18 bits per heavy atom. The average Bonchev–Trinajstić information content (AvgIpc) is 2.80. The molecular weight excluding hydrogens is 414 g/mol. The fraction of sp³-hybridized carbons (Fsp3) is 0.393. The molecule has 0 fully saturated rings. The Kier molecular flexibility index (Phi) is 12.9. The molecule has 0 spiro atoms. The lowest BCUT2D eigenvalue weighted by Gasteiger charge is -2.16. The van der Waals surface area contributed by atoms with Gasteiger partial charge in [-0.1, -0.05) is 55.1 Å². The van der Waals surface area contributed by atoms with Crippen molar-refractivity contribution in [2.75, 3.05) is 13.7 Å². The second-order valence-electron chi connectivity index (χ2n) is 7.06. The van der Waals surface area contributed by atoms with E-state index in [-0.39, 0.29) is 12.2 Å². The van der Waals surface area contributed by atoms with E-state index in [1.165, 1.54) is 7.11 Å². The quantitative estimate of drug-likeness (QED) is 0.189. The van der Waals surface area contributed by atoms with E-state index in [2.05, 4.69) is 17.0 Å². The Morgan fingerprint density at radius 1 is 0.939 bits per heavy atom. The fourth-order valence-electron chi connectivity index (χ4n) is 2.88. The van der Waals surface area contributed by atoms with Crippen LogP contribution >= 0.6 is 0 Å². The van der Waals surface area contributed by atoms with Gasteiger partial charge in [-0.05, 0) is 75.6 Å². The molecule has 0 saturated heterocycles. The summed E-state index contributed by atoms with van der Waals surface area (Å²) in [6, 6.07) is 11.6. The molecule has 2 aromatic rings. The molecule has 2 unspecified atom stereocenters. The summed E-state index contributed by atoms with van der Waals surface area (Å²) in [7, 11) is 1.51. The Balaban J connectivity index is 0.00000265. The number of oxime groups is 1. The van der Waals surface area contributed by atoms with Gasteiger partial charge in [0.05, 0.1) is 6.21 Å². The summed E-state index contributed by atoms with van der Waals surface area (Å²) in [5.41, 5.74) is 2.92. The summed E-state index contributed by atoms with van der Waals surface area (Å²) in [5.74, 6) is 8.62. The molecule has 2 rings (SSSR count). The predicted molar refractivity (Wildman–Crippen MR) is 137 cm³/mol. The van der Waals surface area contributed by atoms with Crippen molar-refractivity contribution in [1.29, 1.82) is 0 Å². The molecule has 5 nitrogen and oxygen atoms in total. The van der Waals surface area contributed by atoms with Crippen LogP contribution in [0.1, 0.15) is 51.3 Å². The van der Waals surface area contributed by atoms with Gasteiger partial charge >= 0.3 is 0 Å². The van der Waals surface area contributed by atoms with E-state index in [1.54, 1.807) is 6.21 Å². The molecule has 178 valence electrons. The Labute approximate surface area is 199 Å². The Hall–Kier alpha value is -3.39. The van der Waals surface area contributed by atoms with Gasteiger partial charge < -0.3 is 19.0 Å². The number of allylic oxidation sites excluding steroid dienone is 1. The third-order valence-corrected chi connectivity index (χ3v) is 4.28. The minimum atomic E-state index is -0.287. The minimum Gasteiger partial charge on any atom is -0.490 e. The molecule has 0 N–H and O–H groups in total. The standard InChI is InChI=1S/C26H31NO4.C2H6/c1-7-8-14-29-25-15-19(2)26(20(3)16-25)31-22(5)13-12-21(4)30-24-11-9-10-23(17-24)18-27-28-6;1-2/h7-11,15-18,21-22H,14H2,1-6H3;1-2H3/b8-7+,27-18-;. The van der Waals surface area contributed by atoms with Gasteiger partial charge in [0.15, 0.2) is 12.2 Å². The summed E-state index contributed by atoms with van der Waals surface area (Å²) in [4.78, 5) is 4.71. The first-order valence-corrected chi connectivity index (χ1v) is 11.3. The van der Waals surface area contributed by atoms with Crippen LogP contribution in [0.15, 0.2) is 53.7 Å². The predicted octanol–water partition coefficient (Wildman–Crippen LogP) is 6.50. The van der Waals surface area contributed by atoms with Gasteiger partial charge in [0.25, 0.3) is 0 Å². The van der Waals surface area contributed by atoms with Gasteiger partial charge in [-0.15, -0.1) is 0 Å². The molecule has 0 heterocycles. The largest absolute Gasteiger partial charge is 0.490 e. The maximum atomic E-state index is 6.09. The number of rotatable bonds is 9. The lowest BCUT2D eigenvalue weighted by atomic mass is 10.1.